The normalized spacial score (nSPS) is 11.5. The molecule has 15 nitrogen and oxygen atoms in total. The average Bonchev–Trinajstić information content (AvgIpc) is 3.10. The molecule has 0 aliphatic rings. The fraction of sp³-hybridized carbons (Fsp3) is 0.436. The van der Waals surface area contributed by atoms with E-state index in [-0.39, 0.29) is 60.3 Å². The Balaban J connectivity index is 2.28. The first-order valence-electron chi connectivity index (χ1n) is 18.2. The zero-order chi connectivity index (χ0) is 41.8. The van der Waals surface area contributed by atoms with Crippen molar-refractivity contribution >= 4 is 70.0 Å². The molecule has 0 aliphatic heterocycles. The van der Waals surface area contributed by atoms with Gasteiger partial charge in [-0.05, 0) is 52.3 Å². The summed E-state index contributed by atoms with van der Waals surface area (Å²) in [5, 5.41) is 11.6. The Morgan fingerprint density at radius 2 is 0.946 bits per heavy atom. The lowest BCUT2D eigenvalue weighted by Gasteiger charge is -2.25. The van der Waals surface area contributed by atoms with Gasteiger partial charge in [0.05, 0.1) is 43.7 Å². The smallest absolute Gasteiger partial charge is 0.316 e. The van der Waals surface area contributed by atoms with Crippen molar-refractivity contribution in [3.8, 4) is 11.5 Å². The highest BCUT2D eigenvalue weighted by molar-refractivity contribution is 7.99. The van der Waals surface area contributed by atoms with Crippen LogP contribution in [-0.2, 0) is 15.6 Å². The van der Waals surface area contributed by atoms with Crippen LogP contribution in [0.1, 0.15) is 80.3 Å². The molecule has 3 aromatic carbocycles. The Kier molecular flexibility index (Phi) is 16.9. The molecule has 0 atom stereocenters. The summed E-state index contributed by atoms with van der Waals surface area (Å²) in [6, 6.07) is 9.46. The predicted octanol–water partition coefficient (Wildman–Crippen LogP) is 5.01. The summed E-state index contributed by atoms with van der Waals surface area (Å²) in [6.45, 7) is 14.5. The number of hydrogen-bond acceptors (Lipinski definition) is 12. The van der Waals surface area contributed by atoms with Crippen LogP contribution in [0.5, 0.6) is 11.5 Å². The highest BCUT2D eigenvalue weighted by Gasteiger charge is 2.27. The van der Waals surface area contributed by atoms with Gasteiger partial charge >= 0.3 is 6.03 Å². The van der Waals surface area contributed by atoms with Crippen LogP contribution >= 0.6 is 23.5 Å². The summed E-state index contributed by atoms with van der Waals surface area (Å²) in [4.78, 5) is 54.4. The number of anilines is 4. The number of hydrogen-bond donors (Lipinski definition) is 9. The molecule has 56 heavy (non-hydrogen) atoms. The highest BCUT2D eigenvalue weighted by atomic mass is 32.2. The fourth-order valence-electron chi connectivity index (χ4n) is 5.32. The van der Waals surface area contributed by atoms with Gasteiger partial charge in [0.2, 0.25) is 5.91 Å². The van der Waals surface area contributed by atoms with E-state index in [1.54, 1.807) is 0 Å². The van der Waals surface area contributed by atoms with E-state index in [2.05, 4.69) is 21.3 Å². The molecule has 14 N–H and O–H groups in total. The molecule has 0 saturated carbocycles. The van der Waals surface area contributed by atoms with Gasteiger partial charge in [0, 0.05) is 50.7 Å². The molecular weight excluding hydrogens is 755 g/mol. The van der Waals surface area contributed by atoms with Crippen molar-refractivity contribution in [1.82, 2.24) is 0 Å². The lowest BCUT2D eigenvalue weighted by atomic mass is 9.86. The van der Waals surface area contributed by atoms with E-state index < -0.39 is 23.3 Å². The summed E-state index contributed by atoms with van der Waals surface area (Å²) in [5.41, 5.74) is 31.5. The first-order chi connectivity index (χ1) is 26.3. The molecule has 0 saturated heterocycles. The summed E-state index contributed by atoms with van der Waals surface area (Å²) in [7, 11) is 0. The SMILES string of the molecule is CC(=O)Nc1cc(C(C)(C)C)cc(NC(=O)c2cc(C(=O)Nc3cc(C(C)(C)C)cc(NC(N)=O)c3SCCN)c(OCCN)cc2OCCN)c1SCCN. The monoisotopic (exact) mass is 811 g/mol. The van der Waals surface area contributed by atoms with E-state index in [0.717, 1.165) is 11.1 Å². The second-order valence-electron chi connectivity index (χ2n) is 14.8. The highest BCUT2D eigenvalue weighted by Crippen LogP contribution is 2.42. The number of primary amides is 1. The van der Waals surface area contributed by atoms with Gasteiger partial charge in [-0.15, -0.1) is 23.5 Å². The van der Waals surface area contributed by atoms with Gasteiger partial charge in [0.1, 0.15) is 24.7 Å². The third-order valence-electron chi connectivity index (χ3n) is 8.03. The predicted molar refractivity (Wildman–Crippen MR) is 229 cm³/mol. The van der Waals surface area contributed by atoms with E-state index in [1.807, 2.05) is 65.8 Å². The lowest BCUT2D eigenvalue weighted by molar-refractivity contribution is -0.114. The number of nitrogens with two attached hydrogens (primary N) is 5. The van der Waals surface area contributed by atoms with Gasteiger partial charge in [-0.25, -0.2) is 4.79 Å². The fourth-order valence-corrected chi connectivity index (χ4v) is 7.03. The van der Waals surface area contributed by atoms with E-state index in [4.69, 9.17) is 38.1 Å². The molecule has 0 bridgehead atoms. The van der Waals surface area contributed by atoms with Crippen LogP contribution in [-0.4, -0.2) is 74.7 Å². The average molecular weight is 812 g/mol. The van der Waals surface area contributed by atoms with E-state index in [9.17, 15) is 19.2 Å². The molecule has 17 heteroatoms. The molecule has 0 heterocycles. The van der Waals surface area contributed by atoms with Gasteiger partial charge in [-0.2, -0.15) is 0 Å². The number of amides is 5. The largest absolute Gasteiger partial charge is 0.491 e. The number of benzene rings is 3. The van der Waals surface area contributed by atoms with Crippen molar-refractivity contribution < 1.29 is 28.7 Å². The van der Waals surface area contributed by atoms with Crippen molar-refractivity contribution in [2.75, 3.05) is 72.2 Å². The maximum Gasteiger partial charge on any atom is 0.316 e. The van der Waals surface area contributed by atoms with Crippen molar-refractivity contribution in [2.24, 2.45) is 28.7 Å². The molecule has 306 valence electrons. The summed E-state index contributed by atoms with van der Waals surface area (Å²) in [5.74, 6) is -0.304. The van der Waals surface area contributed by atoms with Crippen molar-refractivity contribution in [3.63, 3.8) is 0 Å². The summed E-state index contributed by atoms with van der Waals surface area (Å²) < 4.78 is 11.9. The second-order valence-corrected chi connectivity index (χ2v) is 17.0. The van der Waals surface area contributed by atoms with Crippen LogP contribution in [0.15, 0.2) is 46.2 Å². The Labute approximate surface area is 337 Å². The number of rotatable bonds is 18. The Hall–Kier alpha value is -4.52. The first kappa shape index (κ1) is 45.9. The van der Waals surface area contributed by atoms with Crippen LogP contribution in [0.2, 0.25) is 0 Å². The number of ether oxygens (including phenoxy) is 2. The summed E-state index contributed by atoms with van der Waals surface area (Å²) in [6.07, 6.45) is 0. The first-order valence-corrected chi connectivity index (χ1v) is 20.1. The quantitative estimate of drug-likeness (QED) is 0.0768. The standard InChI is InChI=1S/C39H57N9O6S2/c1-22(49)45-27-16-23(38(2,3)4)17-28(33(27)55-14-10-42)46-35(50)25-20-26(32(54-13-9-41)21-31(25)53-12-8-40)36(51)47-29-18-24(39(5,6)7)19-30(48-37(44)52)34(29)56-15-11-43/h16-21H,8-15,40-43H2,1-7H3,(H,45,49)(H,46,50)(H,47,51)(H3,44,48,52). The topological polar surface area (TPSA) is 265 Å². The molecule has 0 fully saturated rings. The van der Waals surface area contributed by atoms with Gasteiger partial charge in [0.25, 0.3) is 11.8 Å². The molecule has 0 unspecified atom stereocenters. The van der Waals surface area contributed by atoms with E-state index >= 15 is 0 Å². The van der Waals surface area contributed by atoms with Crippen LogP contribution in [0.3, 0.4) is 0 Å². The van der Waals surface area contributed by atoms with E-state index in [1.165, 1.54) is 42.6 Å². The third-order valence-corrected chi connectivity index (χ3v) is 10.4. The zero-order valence-electron chi connectivity index (χ0n) is 33.3. The van der Waals surface area contributed by atoms with Gasteiger partial charge in [-0.3, -0.25) is 14.4 Å². The Bertz CT molecular complexity index is 1760. The minimum Gasteiger partial charge on any atom is -0.491 e. The molecule has 0 radical (unpaired) electrons. The number of thioether (sulfide) groups is 2. The van der Waals surface area contributed by atoms with Crippen molar-refractivity contribution in [1.29, 1.82) is 0 Å². The van der Waals surface area contributed by atoms with Crippen molar-refractivity contribution in [2.45, 2.75) is 69.1 Å². The Morgan fingerprint density at radius 3 is 1.27 bits per heavy atom. The zero-order valence-corrected chi connectivity index (χ0v) is 34.9. The van der Waals surface area contributed by atoms with Crippen LogP contribution in [0, 0.1) is 0 Å². The molecule has 0 aliphatic carbocycles. The van der Waals surface area contributed by atoms with Gasteiger partial charge < -0.3 is 59.4 Å². The minimum absolute atomic E-state index is 0.00385. The van der Waals surface area contributed by atoms with Crippen molar-refractivity contribution in [3.05, 3.63) is 58.7 Å². The molecule has 3 aromatic rings. The third kappa shape index (κ3) is 12.8. The number of carbonyl (C=O) groups is 4. The lowest BCUT2D eigenvalue weighted by Crippen LogP contribution is -2.23. The maximum atomic E-state index is 14.4. The molecule has 0 aromatic heterocycles. The minimum atomic E-state index is -0.772. The number of nitrogens with one attached hydrogen (secondary N) is 4. The number of carbonyl (C=O) groups excluding carboxylic acids is 4. The summed E-state index contributed by atoms with van der Waals surface area (Å²) >= 11 is 2.72. The second kappa shape index (κ2) is 20.6. The van der Waals surface area contributed by atoms with Crippen LogP contribution < -0.4 is 59.4 Å². The van der Waals surface area contributed by atoms with Gasteiger partial charge in [0.15, 0.2) is 0 Å². The molecule has 0 spiro atoms. The molecule has 3 rings (SSSR count). The van der Waals surface area contributed by atoms with Gasteiger partial charge in [-0.1, -0.05) is 41.5 Å². The van der Waals surface area contributed by atoms with Crippen LogP contribution in [0.4, 0.5) is 27.5 Å². The molecular formula is C39H57N9O6S2. The Morgan fingerprint density at radius 1 is 0.571 bits per heavy atom. The maximum absolute atomic E-state index is 14.4. The van der Waals surface area contributed by atoms with Crippen LogP contribution in [0.25, 0.3) is 0 Å². The van der Waals surface area contributed by atoms with E-state index in [0.29, 0.717) is 57.1 Å². The number of urea groups is 1. The molecule has 5 amide bonds.